The molecule has 0 aliphatic carbocycles. The first-order valence-electron chi connectivity index (χ1n) is 48.1. The molecule has 0 spiro atoms. The molecule has 0 radical (unpaired) electrons. The highest BCUT2D eigenvalue weighted by molar-refractivity contribution is 7.46. The fourth-order valence-electron chi connectivity index (χ4n) is 15.6. The molecule has 9 atom stereocenters. The molecule has 1 aliphatic rings. The number of aliphatic hydroxyl groups excluding tert-OH is 1. The molecule has 0 aromatic carbocycles. The van der Waals surface area contributed by atoms with E-state index in [0.717, 1.165) is 186 Å². The van der Waals surface area contributed by atoms with Crippen molar-refractivity contribution in [3.63, 3.8) is 0 Å². The normalized spacial score (nSPS) is 16.7. The summed E-state index contributed by atoms with van der Waals surface area (Å²) in [4.78, 5) is 119. The number of aliphatic hydroxyl groups is 1. The minimum Gasteiger partial charge on any atom is -0.480 e. The third-order valence-electron chi connectivity index (χ3n) is 22.7. The smallest absolute Gasteiger partial charge is 0.470 e. The van der Waals surface area contributed by atoms with E-state index in [1.165, 1.54) is 161 Å². The van der Waals surface area contributed by atoms with Crippen LogP contribution in [0.3, 0.4) is 0 Å². The monoisotopic (exact) mass is 1660 g/mol. The molecule has 0 bridgehead atoms. The summed E-state index contributed by atoms with van der Waals surface area (Å²) < 4.78 is 55.4. The lowest BCUT2D eigenvalue weighted by atomic mass is 9.95. The molecule has 1 saturated heterocycles. The molecule has 0 aromatic rings. The van der Waals surface area contributed by atoms with Gasteiger partial charge in [-0.25, -0.2) is 9.36 Å². The molecule has 676 valence electrons. The number of aliphatic carboxylic acids is 1. The summed E-state index contributed by atoms with van der Waals surface area (Å²) in [5.74, 6) is -5.49. The van der Waals surface area contributed by atoms with E-state index in [1.54, 1.807) is 0 Å². The van der Waals surface area contributed by atoms with Crippen LogP contribution in [0.15, 0.2) is 0 Å². The summed E-state index contributed by atoms with van der Waals surface area (Å²) in [6, 6.07) is -3.60. The van der Waals surface area contributed by atoms with Crippen LogP contribution in [-0.2, 0) is 71.1 Å². The first kappa shape index (κ1) is 109. The van der Waals surface area contributed by atoms with E-state index in [2.05, 4.69) is 52.2 Å². The number of carboxylic acids is 1. The van der Waals surface area contributed by atoms with Crippen molar-refractivity contribution < 1.29 is 91.1 Å². The Balaban J connectivity index is 3.83. The lowest BCUT2D eigenvalue weighted by Gasteiger charge is -2.45. The van der Waals surface area contributed by atoms with Gasteiger partial charge in [-0.3, -0.25) is 33.3 Å². The number of amides is 2. The maximum Gasteiger partial charge on any atom is 0.470 e. The van der Waals surface area contributed by atoms with Crippen molar-refractivity contribution in [2.24, 2.45) is 0 Å². The lowest BCUT2D eigenvalue weighted by molar-refractivity contribution is -0.272. The lowest BCUT2D eigenvalue weighted by Crippen LogP contribution is -2.66. The maximum atomic E-state index is 15.0. The van der Waals surface area contributed by atoms with Gasteiger partial charge < -0.3 is 59.1 Å². The second-order valence-electron chi connectivity index (χ2n) is 33.8. The van der Waals surface area contributed by atoms with Gasteiger partial charge in [0, 0.05) is 19.3 Å². The number of phosphoric ester groups is 1. The molecule has 1 aliphatic heterocycles. The summed E-state index contributed by atoms with van der Waals surface area (Å²) in [6.07, 6.45) is 53.8. The Morgan fingerprint density at radius 3 is 0.904 bits per heavy atom. The van der Waals surface area contributed by atoms with Gasteiger partial charge in [-0.05, 0) is 57.8 Å². The number of esters is 4. The Hall–Kier alpha value is -3.72. The number of nitrogens with one attached hydrogen (secondary N) is 2. The van der Waals surface area contributed by atoms with Crippen molar-refractivity contribution in [3.8, 4) is 0 Å². The average molecular weight is 1660 g/mol. The Labute approximate surface area is 700 Å². The minimum absolute atomic E-state index is 0.128. The van der Waals surface area contributed by atoms with Crippen molar-refractivity contribution in [1.82, 2.24) is 10.6 Å². The summed E-state index contributed by atoms with van der Waals surface area (Å²) in [6.45, 7) is 11.3. The van der Waals surface area contributed by atoms with Gasteiger partial charge in [-0.15, -0.1) is 0 Å². The minimum atomic E-state index is -5.58. The Bertz CT molecular complexity index is 2380. The highest BCUT2D eigenvalue weighted by Gasteiger charge is 2.53. The fourth-order valence-corrected chi connectivity index (χ4v) is 16.2. The van der Waals surface area contributed by atoms with Gasteiger partial charge in [0.05, 0.1) is 32.5 Å². The van der Waals surface area contributed by atoms with E-state index in [0.29, 0.717) is 57.8 Å². The molecular formula is C93H175N2O19P. The number of hydrogen-bond donors (Lipinski definition) is 6. The highest BCUT2D eigenvalue weighted by atomic mass is 31.2. The number of unbranched alkanes of at least 4 members (excludes halogenated alkanes) is 54. The molecule has 1 fully saturated rings. The topological polar surface area (TPSA) is 306 Å². The largest absolute Gasteiger partial charge is 0.480 e. The van der Waals surface area contributed by atoms with E-state index in [9.17, 15) is 58.1 Å². The standard InChI is InChI=1S/C93H175N2O19P/c1-7-13-19-25-31-37-40-46-52-58-64-70-85(99)109-78(67-61-55-49-43-34-28-22-16-10-4)73-83(97)94-81(92(103)104)77-108-93-89(95-84(98)74-79(68-62-56-50-44-35-29-23-17-11-5)110-86(100)71-65-59-53-47-41-38-32-26-20-14-8-2)91(90(82(76-96)112-93)114-115(105,106)107)113-88(102)75-80(69-63-57-51-45-36-30-24-18-12-6)111-87(101)72-66-60-54-48-42-39-33-27-21-15-9-3/h78-82,89-91,93,96H,7-77H2,1-6H3,(H,94,97)(H,95,98)(H,103,104)(H2,105,106,107)/t78-,79-,80-,81+,82-,89-,90-,91-,93?/m1/s1. The molecule has 1 unspecified atom stereocenters. The zero-order chi connectivity index (χ0) is 84.3. The summed E-state index contributed by atoms with van der Waals surface area (Å²) in [5.41, 5.74) is 0. The summed E-state index contributed by atoms with van der Waals surface area (Å²) in [7, 11) is -5.58. The van der Waals surface area contributed by atoms with E-state index >= 15 is 0 Å². The van der Waals surface area contributed by atoms with E-state index < -0.39 is 131 Å². The highest BCUT2D eigenvalue weighted by Crippen LogP contribution is 2.43. The molecule has 22 heteroatoms. The van der Waals surface area contributed by atoms with E-state index in [1.807, 2.05) is 0 Å². The molecule has 21 nitrogen and oxygen atoms in total. The van der Waals surface area contributed by atoms with Crippen LogP contribution in [0.1, 0.15) is 485 Å². The van der Waals surface area contributed by atoms with Crippen LogP contribution in [0.4, 0.5) is 0 Å². The van der Waals surface area contributed by atoms with Gasteiger partial charge in [-0.2, -0.15) is 0 Å². The molecule has 115 heavy (non-hydrogen) atoms. The number of hydrogen-bond acceptors (Lipinski definition) is 16. The van der Waals surface area contributed by atoms with Crippen molar-refractivity contribution in [1.29, 1.82) is 0 Å². The van der Waals surface area contributed by atoms with Gasteiger partial charge in [0.1, 0.15) is 36.6 Å². The number of rotatable bonds is 85. The number of phosphoric acid groups is 1. The molecule has 6 N–H and O–H groups in total. The molecule has 2 amide bonds. The summed E-state index contributed by atoms with van der Waals surface area (Å²) in [5, 5.41) is 27.2. The number of ether oxygens (including phenoxy) is 6. The first-order chi connectivity index (χ1) is 55.8. The molecule has 1 rings (SSSR count). The predicted octanol–water partition coefficient (Wildman–Crippen LogP) is 23.9. The van der Waals surface area contributed by atoms with Crippen molar-refractivity contribution in [2.75, 3.05) is 13.2 Å². The van der Waals surface area contributed by atoms with Crippen molar-refractivity contribution in [3.05, 3.63) is 0 Å². The van der Waals surface area contributed by atoms with Gasteiger partial charge in [0.15, 0.2) is 18.4 Å². The fraction of sp³-hybridized carbons (Fsp3) is 0.925. The average Bonchev–Trinajstić information content (AvgIpc) is 0.779. The van der Waals surface area contributed by atoms with Gasteiger partial charge >= 0.3 is 37.7 Å². The number of carbonyl (C=O) groups excluding carboxylic acids is 6. The Morgan fingerprint density at radius 1 is 0.357 bits per heavy atom. The zero-order valence-electron chi connectivity index (χ0n) is 74.3. The van der Waals surface area contributed by atoms with Crippen molar-refractivity contribution >= 4 is 49.5 Å². The van der Waals surface area contributed by atoms with Crippen LogP contribution in [0, 0.1) is 0 Å². The second-order valence-corrected chi connectivity index (χ2v) is 35.0. The van der Waals surface area contributed by atoms with E-state index in [-0.39, 0.29) is 25.7 Å². The van der Waals surface area contributed by atoms with Crippen LogP contribution >= 0.6 is 7.82 Å². The zero-order valence-corrected chi connectivity index (χ0v) is 75.2. The molecular weight excluding hydrogens is 1480 g/mol. The summed E-state index contributed by atoms with van der Waals surface area (Å²) >= 11 is 0. The third-order valence-corrected chi connectivity index (χ3v) is 23.2. The first-order valence-corrected chi connectivity index (χ1v) is 49.6. The quantitative estimate of drug-likeness (QED) is 0.0143. The van der Waals surface area contributed by atoms with E-state index in [4.69, 9.17) is 32.9 Å². The third kappa shape index (κ3) is 65.7. The van der Waals surface area contributed by atoms with Crippen LogP contribution in [0.25, 0.3) is 0 Å². The van der Waals surface area contributed by atoms with Crippen LogP contribution in [0.5, 0.6) is 0 Å². The number of carboxylic acid groups (broad SMARTS) is 1. The van der Waals surface area contributed by atoms with Gasteiger partial charge in [0.25, 0.3) is 0 Å². The Kier molecular flexibility index (Phi) is 73.7. The van der Waals surface area contributed by atoms with Gasteiger partial charge in [-0.1, -0.05) is 388 Å². The molecule has 1 heterocycles. The van der Waals surface area contributed by atoms with Crippen LogP contribution in [0.2, 0.25) is 0 Å². The van der Waals surface area contributed by atoms with Gasteiger partial charge in [0.2, 0.25) is 11.8 Å². The van der Waals surface area contributed by atoms with Crippen molar-refractivity contribution in [2.45, 2.75) is 540 Å². The maximum absolute atomic E-state index is 15.0. The second kappa shape index (κ2) is 77.6. The Morgan fingerprint density at radius 2 is 0.626 bits per heavy atom. The molecule has 0 saturated carbocycles. The number of carbonyl (C=O) groups is 7. The van der Waals surface area contributed by atoms with Crippen LogP contribution in [-0.4, -0.2) is 130 Å². The molecule has 0 aromatic heterocycles. The predicted molar refractivity (Wildman–Crippen MR) is 462 cm³/mol. The SMILES string of the molecule is CCCCCCCCCCCCCC(=O)O[C@H](CCCCCCCCCCC)CC(=O)N[C@@H](COC1O[C@H](CO)[C@@H](OP(=O)(O)O)[C@H](OC(=O)C[C@@H](CCCCCCCCCCC)OC(=O)CCCCCCCCCCCCC)[C@H]1NC(=O)C[C@@H](CCCCCCCCCCC)OC(=O)CCCCCCCCCCCCC)C(=O)O. The van der Waals surface area contributed by atoms with Crippen LogP contribution < -0.4 is 10.6 Å².